The van der Waals surface area contributed by atoms with Crippen molar-refractivity contribution < 1.29 is 9.18 Å². The SMILES string of the molecule is CC1c2c(Cl)cc(Cl)cc2CCN1C(=O)CNc1cc2nc(-c3cccnc3)[nH]c(=O)c2cc1F. The third kappa shape index (κ3) is 4.47. The number of carbonyl (C=O) groups is 1. The van der Waals surface area contributed by atoms with Crippen molar-refractivity contribution in [3.63, 3.8) is 0 Å². The van der Waals surface area contributed by atoms with Gasteiger partial charge in [-0.15, -0.1) is 0 Å². The summed E-state index contributed by atoms with van der Waals surface area (Å²) in [5.74, 6) is -0.535. The van der Waals surface area contributed by atoms with E-state index in [2.05, 4.69) is 20.3 Å². The van der Waals surface area contributed by atoms with E-state index in [-0.39, 0.29) is 29.6 Å². The number of halogens is 3. The Bertz CT molecular complexity index is 1510. The summed E-state index contributed by atoms with van der Waals surface area (Å²) in [6.07, 6.45) is 3.81. The minimum atomic E-state index is -0.651. The minimum Gasteiger partial charge on any atom is -0.374 e. The van der Waals surface area contributed by atoms with Gasteiger partial charge in [-0.05, 0) is 60.9 Å². The zero-order valence-electron chi connectivity index (χ0n) is 18.6. The first-order chi connectivity index (χ1) is 16.8. The third-order valence-corrected chi connectivity index (χ3v) is 6.70. The Hall–Kier alpha value is -3.49. The average molecular weight is 512 g/mol. The summed E-state index contributed by atoms with van der Waals surface area (Å²) < 4.78 is 14.8. The number of rotatable bonds is 4. The van der Waals surface area contributed by atoms with Gasteiger partial charge in [0.15, 0.2) is 0 Å². The number of aromatic nitrogens is 3. The van der Waals surface area contributed by atoms with Gasteiger partial charge >= 0.3 is 0 Å². The number of aromatic amines is 1. The highest BCUT2D eigenvalue weighted by atomic mass is 35.5. The predicted octanol–water partition coefficient (Wildman–Crippen LogP) is 4.99. The van der Waals surface area contributed by atoms with Crippen LogP contribution in [0.25, 0.3) is 22.3 Å². The van der Waals surface area contributed by atoms with E-state index < -0.39 is 11.4 Å². The molecule has 0 radical (unpaired) electrons. The van der Waals surface area contributed by atoms with E-state index in [1.807, 2.05) is 13.0 Å². The van der Waals surface area contributed by atoms with Crippen LogP contribution in [0.1, 0.15) is 24.1 Å². The largest absolute Gasteiger partial charge is 0.374 e. The van der Waals surface area contributed by atoms with Crippen molar-refractivity contribution >= 4 is 45.7 Å². The molecule has 0 fully saturated rings. The van der Waals surface area contributed by atoms with Crippen LogP contribution in [0.3, 0.4) is 0 Å². The van der Waals surface area contributed by atoms with Crippen LogP contribution in [0.2, 0.25) is 10.0 Å². The Morgan fingerprint density at radius 1 is 1.29 bits per heavy atom. The van der Waals surface area contributed by atoms with Gasteiger partial charge in [0.1, 0.15) is 11.6 Å². The lowest BCUT2D eigenvalue weighted by Crippen LogP contribution is -2.42. The fourth-order valence-corrected chi connectivity index (χ4v) is 5.14. The van der Waals surface area contributed by atoms with Gasteiger partial charge in [-0.1, -0.05) is 23.2 Å². The van der Waals surface area contributed by atoms with Gasteiger partial charge in [0.2, 0.25) is 5.91 Å². The second-order valence-corrected chi connectivity index (χ2v) is 9.18. The molecule has 1 atom stereocenters. The van der Waals surface area contributed by atoms with Crippen molar-refractivity contribution in [1.29, 1.82) is 0 Å². The molecule has 2 aromatic carbocycles. The average Bonchev–Trinajstić information content (AvgIpc) is 2.83. The highest BCUT2D eigenvalue weighted by molar-refractivity contribution is 6.35. The lowest BCUT2D eigenvalue weighted by atomic mass is 9.93. The molecule has 4 aromatic rings. The highest BCUT2D eigenvalue weighted by Crippen LogP contribution is 2.37. The van der Waals surface area contributed by atoms with Crippen LogP contribution in [-0.4, -0.2) is 38.8 Å². The first kappa shape index (κ1) is 23.3. The molecule has 35 heavy (non-hydrogen) atoms. The van der Waals surface area contributed by atoms with Crippen LogP contribution in [-0.2, 0) is 11.2 Å². The van der Waals surface area contributed by atoms with Crippen molar-refractivity contribution in [3.8, 4) is 11.4 Å². The van der Waals surface area contributed by atoms with Gasteiger partial charge in [-0.2, -0.15) is 0 Å². The zero-order valence-corrected chi connectivity index (χ0v) is 20.1. The molecule has 2 aromatic heterocycles. The first-order valence-corrected chi connectivity index (χ1v) is 11.7. The summed E-state index contributed by atoms with van der Waals surface area (Å²) in [6.45, 7) is 2.27. The van der Waals surface area contributed by atoms with Crippen LogP contribution in [0.4, 0.5) is 10.1 Å². The molecule has 0 bridgehead atoms. The maximum absolute atomic E-state index is 14.8. The second-order valence-electron chi connectivity index (χ2n) is 8.33. The topological polar surface area (TPSA) is 91.0 Å². The van der Waals surface area contributed by atoms with Gasteiger partial charge in [-0.25, -0.2) is 9.37 Å². The second kappa shape index (κ2) is 9.28. The fraction of sp³-hybridized carbons (Fsp3) is 0.200. The summed E-state index contributed by atoms with van der Waals surface area (Å²) in [7, 11) is 0. The molecule has 1 amide bonds. The first-order valence-electron chi connectivity index (χ1n) is 11.0. The standard InChI is InChI=1S/C25H20Cl2FN5O2/c1-13-23-14(7-16(26)8-18(23)27)4-6-33(13)22(34)12-30-21-10-20-17(9-19(21)28)25(35)32-24(31-20)15-3-2-5-29-11-15/h2-3,5,7-11,13,30H,4,6,12H2,1H3,(H,31,32,35). The smallest absolute Gasteiger partial charge is 0.259 e. The van der Waals surface area contributed by atoms with E-state index in [0.29, 0.717) is 39.9 Å². The number of pyridine rings is 1. The van der Waals surface area contributed by atoms with E-state index in [0.717, 1.165) is 17.2 Å². The molecular weight excluding hydrogens is 492 g/mol. The Morgan fingerprint density at radius 2 is 2.11 bits per heavy atom. The van der Waals surface area contributed by atoms with Gasteiger partial charge in [0.25, 0.3) is 5.56 Å². The maximum Gasteiger partial charge on any atom is 0.259 e. The molecule has 1 aliphatic heterocycles. The van der Waals surface area contributed by atoms with Crippen molar-refractivity contribution in [3.05, 3.63) is 86.1 Å². The molecule has 0 saturated carbocycles. The van der Waals surface area contributed by atoms with Crippen molar-refractivity contribution in [2.75, 3.05) is 18.4 Å². The molecule has 1 unspecified atom stereocenters. The lowest BCUT2D eigenvalue weighted by molar-refractivity contribution is -0.131. The molecule has 0 spiro atoms. The molecule has 7 nitrogen and oxygen atoms in total. The summed E-state index contributed by atoms with van der Waals surface area (Å²) in [5, 5.41) is 4.06. The molecular formula is C25H20Cl2FN5O2. The van der Waals surface area contributed by atoms with Crippen LogP contribution in [0, 0.1) is 5.82 Å². The van der Waals surface area contributed by atoms with Crippen molar-refractivity contribution in [2.45, 2.75) is 19.4 Å². The van der Waals surface area contributed by atoms with Crippen molar-refractivity contribution in [1.82, 2.24) is 19.9 Å². The quantitative estimate of drug-likeness (QED) is 0.402. The Balaban J connectivity index is 1.38. The number of carbonyl (C=O) groups excluding carboxylic acids is 1. The number of hydrogen-bond acceptors (Lipinski definition) is 5. The van der Waals surface area contributed by atoms with Gasteiger partial charge < -0.3 is 15.2 Å². The zero-order chi connectivity index (χ0) is 24.7. The molecule has 5 rings (SSSR count). The summed E-state index contributed by atoms with van der Waals surface area (Å²) in [5.41, 5.74) is 2.43. The molecule has 2 N–H and O–H groups in total. The third-order valence-electron chi connectivity index (χ3n) is 6.17. The summed E-state index contributed by atoms with van der Waals surface area (Å²) in [4.78, 5) is 38.4. The number of amides is 1. The van der Waals surface area contributed by atoms with E-state index in [1.165, 1.54) is 6.07 Å². The van der Waals surface area contributed by atoms with Crippen molar-refractivity contribution in [2.24, 2.45) is 0 Å². The van der Waals surface area contributed by atoms with Crippen LogP contribution >= 0.6 is 23.2 Å². The van der Waals surface area contributed by atoms with Crippen LogP contribution < -0.4 is 10.9 Å². The number of nitrogens with zero attached hydrogens (tertiary/aromatic N) is 3. The van der Waals surface area contributed by atoms with Crippen LogP contribution in [0.5, 0.6) is 0 Å². The normalized spacial score (nSPS) is 15.2. The molecule has 1 aliphatic rings. The molecule has 3 heterocycles. The number of nitrogens with one attached hydrogen (secondary N) is 2. The fourth-order valence-electron chi connectivity index (χ4n) is 4.45. The van der Waals surface area contributed by atoms with Crippen LogP contribution in [0.15, 0.2) is 53.6 Å². The number of benzene rings is 2. The highest BCUT2D eigenvalue weighted by Gasteiger charge is 2.29. The Kier molecular flexibility index (Phi) is 6.17. The number of H-pyrrole nitrogens is 1. The minimum absolute atomic E-state index is 0.0796. The monoisotopic (exact) mass is 511 g/mol. The van der Waals surface area contributed by atoms with E-state index in [4.69, 9.17) is 23.2 Å². The van der Waals surface area contributed by atoms with Gasteiger partial charge in [0.05, 0.1) is 29.2 Å². The Morgan fingerprint density at radius 3 is 2.89 bits per heavy atom. The van der Waals surface area contributed by atoms with E-state index in [1.54, 1.807) is 35.5 Å². The van der Waals surface area contributed by atoms with Gasteiger partial charge in [0, 0.05) is 34.5 Å². The Labute approximate surface area is 209 Å². The maximum atomic E-state index is 14.8. The number of fused-ring (bicyclic) bond motifs is 2. The van der Waals surface area contributed by atoms with Gasteiger partial charge in [-0.3, -0.25) is 14.6 Å². The number of anilines is 1. The molecule has 10 heteroatoms. The van der Waals surface area contributed by atoms with E-state index in [9.17, 15) is 14.0 Å². The number of hydrogen-bond donors (Lipinski definition) is 2. The summed E-state index contributed by atoms with van der Waals surface area (Å²) in [6, 6.07) is 9.33. The molecule has 178 valence electrons. The summed E-state index contributed by atoms with van der Waals surface area (Å²) >= 11 is 12.5. The lowest BCUT2D eigenvalue weighted by Gasteiger charge is -2.36. The predicted molar refractivity (Wildman–Crippen MR) is 134 cm³/mol. The molecule has 0 saturated heterocycles. The molecule has 0 aliphatic carbocycles. The van der Waals surface area contributed by atoms with E-state index >= 15 is 0 Å².